The van der Waals surface area contributed by atoms with Crippen LogP contribution in [-0.4, -0.2) is 7.11 Å². The predicted octanol–water partition coefficient (Wildman–Crippen LogP) is 4.18. The van der Waals surface area contributed by atoms with Crippen LogP contribution in [0.4, 0.5) is 4.39 Å². The summed E-state index contributed by atoms with van der Waals surface area (Å²) < 4.78 is 24.4. The first-order valence-electron chi connectivity index (χ1n) is 6.22. The predicted molar refractivity (Wildman–Crippen MR) is 81.1 cm³/mol. The van der Waals surface area contributed by atoms with Crippen LogP contribution in [0.15, 0.2) is 36.4 Å². The molecule has 2 rings (SSSR count). The van der Waals surface area contributed by atoms with E-state index in [2.05, 4.69) is 22.0 Å². The van der Waals surface area contributed by atoms with Crippen molar-refractivity contribution in [1.82, 2.24) is 0 Å². The lowest BCUT2D eigenvalue weighted by molar-refractivity contribution is 0.287. The van der Waals surface area contributed by atoms with Crippen molar-refractivity contribution in [2.45, 2.75) is 11.9 Å². The van der Waals surface area contributed by atoms with Crippen molar-refractivity contribution in [3.05, 3.63) is 58.9 Å². The smallest absolute Gasteiger partial charge is 0.165 e. The number of nitrogens with zero attached hydrogens (tertiary/aromatic N) is 1. The zero-order valence-corrected chi connectivity index (χ0v) is 13.0. The van der Waals surface area contributed by atoms with Gasteiger partial charge in [-0.05, 0) is 23.8 Å². The van der Waals surface area contributed by atoms with Crippen molar-refractivity contribution in [2.24, 2.45) is 0 Å². The van der Waals surface area contributed by atoms with Crippen LogP contribution in [0.5, 0.6) is 11.5 Å². The van der Waals surface area contributed by atoms with Crippen LogP contribution >= 0.6 is 15.9 Å². The SMILES string of the molecule is COc1ccc(COc2c(F)cccc2CBr)cc1C#N. The molecule has 0 atom stereocenters. The van der Waals surface area contributed by atoms with Crippen LogP contribution in [0, 0.1) is 17.1 Å². The van der Waals surface area contributed by atoms with Gasteiger partial charge >= 0.3 is 0 Å². The van der Waals surface area contributed by atoms with Crippen molar-refractivity contribution in [1.29, 1.82) is 5.26 Å². The third kappa shape index (κ3) is 3.53. The Kier molecular flexibility index (Phi) is 5.18. The van der Waals surface area contributed by atoms with Crippen LogP contribution in [0.2, 0.25) is 0 Å². The van der Waals surface area contributed by atoms with Crippen LogP contribution in [-0.2, 0) is 11.9 Å². The average Bonchev–Trinajstić information content (AvgIpc) is 2.53. The summed E-state index contributed by atoms with van der Waals surface area (Å²) in [6.45, 7) is 0.180. The van der Waals surface area contributed by atoms with E-state index >= 15 is 0 Å². The maximum absolute atomic E-state index is 13.8. The normalized spacial score (nSPS) is 10.0. The molecule has 2 aromatic carbocycles. The lowest BCUT2D eigenvalue weighted by atomic mass is 10.1. The fourth-order valence-corrected chi connectivity index (χ4v) is 2.35. The lowest BCUT2D eigenvalue weighted by Gasteiger charge is -2.12. The fraction of sp³-hybridized carbons (Fsp3) is 0.188. The highest BCUT2D eigenvalue weighted by Crippen LogP contribution is 2.26. The van der Waals surface area contributed by atoms with Gasteiger partial charge < -0.3 is 9.47 Å². The van der Waals surface area contributed by atoms with Gasteiger partial charge in [-0.25, -0.2) is 4.39 Å². The zero-order valence-electron chi connectivity index (χ0n) is 11.4. The average molecular weight is 350 g/mol. The molecular formula is C16H13BrFNO2. The second-order valence-electron chi connectivity index (χ2n) is 4.30. The minimum atomic E-state index is -0.402. The minimum Gasteiger partial charge on any atom is -0.495 e. The number of nitriles is 1. The molecule has 0 spiro atoms. The van der Waals surface area contributed by atoms with Crippen molar-refractivity contribution < 1.29 is 13.9 Å². The van der Waals surface area contributed by atoms with Gasteiger partial charge in [0.15, 0.2) is 11.6 Å². The monoisotopic (exact) mass is 349 g/mol. The Morgan fingerprint density at radius 2 is 2.10 bits per heavy atom. The van der Waals surface area contributed by atoms with Gasteiger partial charge in [0.25, 0.3) is 0 Å². The number of alkyl halides is 1. The van der Waals surface area contributed by atoms with E-state index in [4.69, 9.17) is 14.7 Å². The summed E-state index contributed by atoms with van der Waals surface area (Å²) in [7, 11) is 1.51. The number of hydrogen-bond donors (Lipinski definition) is 0. The molecule has 0 aromatic heterocycles. The number of rotatable bonds is 5. The quantitative estimate of drug-likeness (QED) is 0.760. The van der Waals surface area contributed by atoms with E-state index in [1.807, 2.05) is 0 Å². The van der Waals surface area contributed by atoms with Crippen LogP contribution in [0.3, 0.4) is 0 Å². The van der Waals surface area contributed by atoms with Gasteiger partial charge in [-0.15, -0.1) is 0 Å². The first kappa shape index (κ1) is 15.3. The molecule has 0 aliphatic carbocycles. The van der Waals surface area contributed by atoms with Gasteiger partial charge in [-0.2, -0.15) is 5.26 Å². The molecule has 0 aliphatic heterocycles. The molecular weight excluding hydrogens is 337 g/mol. The topological polar surface area (TPSA) is 42.2 Å². The Hall–Kier alpha value is -2.06. The Morgan fingerprint density at radius 1 is 1.29 bits per heavy atom. The number of halogens is 2. The minimum absolute atomic E-state index is 0.180. The molecule has 0 amide bonds. The molecule has 0 saturated carbocycles. The molecule has 2 aromatic rings. The molecule has 0 heterocycles. The first-order valence-corrected chi connectivity index (χ1v) is 7.35. The molecule has 0 unspecified atom stereocenters. The fourth-order valence-electron chi connectivity index (χ4n) is 1.91. The summed E-state index contributed by atoms with van der Waals surface area (Å²) in [5, 5.41) is 9.55. The van der Waals surface area contributed by atoms with Crippen LogP contribution in [0.1, 0.15) is 16.7 Å². The highest BCUT2D eigenvalue weighted by molar-refractivity contribution is 9.08. The number of ether oxygens (including phenoxy) is 2. The van der Waals surface area contributed by atoms with Gasteiger partial charge in [0.05, 0.1) is 12.7 Å². The summed E-state index contributed by atoms with van der Waals surface area (Å²) in [6, 6.07) is 12.0. The largest absolute Gasteiger partial charge is 0.495 e. The Balaban J connectivity index is 2.19. The molecule has 108 valence electrons. The van der Waals surface area contributed by atoms with E-state index in [0.717, 1.165) is 11.1 Å². The number of methoxy groups -OCH3 is 1. The number of para-hydroxylation sites is 1. The number of hydrogen-bond acceptors (Lipinski definition) is 3. The highest BCUT2D eigenvalue weighted by Gasteiger charge is 2.10. The van der Waals surface area contributed by atoms with E-state index in [9.17, 15) is 4.39 Å². The second-order valence-corrected chi connectivity index (χ2v) is 4.86. The Morgan fingerprint density at radius 3 is 2.76 bits per heavy atom. The molecule has 0 bridgehead atoms. The van der Waals surface area contributed by atoms with Crippen LogP contribution in [0.25, 0.3) is 0 Å². The van der Waals surface area contributed by atoms with E-state index in [-0.39, 0.29) is 12.4 Å². The molecule has 21 heavy (non-hydrogen) atoms. The van der Waals surface area contributed by atoms with Gasteiger partial charge in [0.2, 0.25) is 0 Å². The van der Waals surface area contributed by atoms with Crippen molar-refractivity contribution in [3.8, 4) is 17.6 Å². The zero-order chi connectivity index (χ0) is 15.2. The van der Waals surface area contributed by atoms with Crippen LogP contribution < -0.4 is 9.47 Å². The lowest BCUT2D eigenvalue weighted by Crippen LogP contribution is -2.01. The highest BCUT2D eigenvalue weighted by atomic mass is 79.9. The van der Waals surface area contributed by atoms with E-state index in [0.29, 0.717) is 16.6 Å². The Bertz CT molecular complexity index is 682. The molecule has 0 fully saturated rings. The van der Waals surface area contributed by atoms with E-state index < -0.39 is 5.82 Å². The molecule has 0 aliphatic rings. The molecule has 0 radical (unpaired) electrons. The van der Waals surface area contributed by atoms with Gasteiger partial charge in [0.1, 0.15) is 18.4 Å². The molecule has 0 saturated heterocycles. The standard InChI is InChI=1S/C16H13BrFNO2/c1-20-15-6-5-11(7-13(15)9-19)10-21-16-12(8-17)3-2-4-14(16)18/h2-7H,8,10H2,1H3. The number of benzene rings is 2. The summed E-state index contributed by atoms with van der Waals surface area (Å²) in [5.74, 6) is 0.331. The molecule has 0 N–H and O–H groups in total. The third-order valence-electron chi connectivity index (χ3n) is 2.96. The summed E-state index contributed by atoms with van der Waals surface area (Å²) in [5.41, 5.74) is 1.94. The summed E-state index contributed by atoms with van der Waals surface area (Å²) >= 11 is 3.30. The van der Waals surface area contributed by atoms with Crippen molar-refractivity contribution in [3.63, 3.8) is 0 Å². The first-order chi connectivity index (χ1) is 10.2. The second kappa shape index (κ2) is 7.09. The van der Waals surface area contributed by atoms with Gasteiger partial charge in [-0.1, -0.05) is 34.1 Å². The van der Waals surface area contributed by atoms with Crippen molar-refractivity contribution in [2.75, 3.05) is 7.11 Å². The Labute approximate surface area is 131 Å². The molecule has 5 heteroatoms. The summed E-state index contributed by atoms with van der Waals surface area (Å²) in [6.07, 6.45) is 0. The van der Waals surface area contributed by atoms with E-state index in [1.165, 1.54) is 13.2 Å². The van der Waals surface area contributed by atoms with Gasteiger partial charge in [0, 0.05) is 10.9 Å². The van der Waals surface area contributed by atoms with Gasteiger partial charge in [-0.3, -0.25) is 0 Å². The molecule has 3 nitrogen and oxygen atoms in total. The van der Waals surface area contributed by atoms with E-state index in [1.54, 1.807) is 30.3 Å². The summed E-state index contributed by atoms with van der Waals surface area (Å²) in [4.78, 5) is 0. The third-order valence-corrected chi connectivity index (χ3v) is 3.56. The van der Waals surface area contributed by atoms with Crippen molar-refractivity contribution >= 4 is 15.9 Å². The maximum Gasteiger partial charge on any atom is 0.165 e. The maximum atomic E-state index is 13.8.